The molecule has 176 valence electrons. The SMILES string of the molecule is O=C(CCc1cccnc1)NCCCCCCn1ccc2cc(OCc3ccccc3)ccc21. The lowest BCUT2D eigenvalue weighted by molar-refractivity contribution is -0.121. The van der Waals surface area contributed by atoms with Crippen molar-refractivity contribution in [1.82, 2.24) is 14.9 Å². The summed E-state index contributed by atoms with van der Waals surface area (Å²) in [5.41, 5.74) is 3.52. The van der Waals surface area contributed by atoms with Crippen molar-refractivity contribution in [2.24, 2.45) is 0 Å². The predicted octanol–water partition coefficient (Wildman–Crippen LogP) is 5.92. The lowest BCUT2D eigenvalue weighted by Gasteiger charge is -2.09. The molecule has 0 aliphatic carbocycles. The van der Waals surface area contributed by atoms with Gasteiger partial charge in [0.1, 0.15) is 12.4 Å². The molecule has 0 aliphatic heterocycles. The molecule has 0 spiro atoms. The van der Waals surface area contributed by atoms with Crippen molar-refractivity contribution in [1.29, 1.82) is 0 Å². The third kappa shape index (κ3) is 7.20. The monoisotopic (exact) mass is 455 g/mol. The van der Waals surface area contributed by atoms with Crippen LogP contribution in [0.5, 0.6) is 5.75 Å². The number of benzene rings is 2. The van der Waals surface area contributed by atoms with Gasteiger partial charge in [-0.3, -0.25) is 9.78 Å². The molecule has 1 amide bonds. The van der Waals surface area contributed by atoms with Crippen molar-refractivity contribution in [3.8, 4) is 5.75 Å². The molecule has 0 saturated carbocycles. The Balaban J connectivity index is 1.11. The minimum Gasteiger partial charge on any atom is -0.489 e. The molecule has 2 aromatic carbocycles. The lowest BCUT2D eigenvalue weighted by atomic mass is 10.1. The smallest absolute Gasteiger partial charge is 0.220 e. The van der Waals surface area contributed by atoms with Gasteiger partial charge in [-0.15, -0.1) is 0 Å². The number of aryl methyl sites for hydroxylation is 2. The fourth-order valence-electron chi connectivity index (χ4n) is 4.08. The van der Waals surface area contributed by atoms with Gasteiger partial charge in [0.2, 0.25) is 5.91 Å². The number of hydrogen-bond acceptors (Lipinski definition) is 3. The zero-order chi connectivity index (χ0) is 23.4. The van der Waals surface area contributed by atoms with Gasteiger partial charge in [-0.2, -0.15) is 0 Å². The first-order chi connectivity index (χ1) is 16.8. The first-order valence-electron chi connectivity index (χ1n) is 12.2. The van der Waals surface area contributed by atoms with Crippen LogP contribution in [0.3, 0.4) is 0 Å². The number of ether oxygens (including phenoxy) is 1. The van der Waals surface area contributed by atoms with Crippen LogP contribution >= 0.6 is 0 Å². The summed E-state index contributed by atoms with van der Waals surface area (Å²) in [6, 6.07) is 22.6. The maximum atomic E-state index is 12.0. The van der Waals surface area contributed by atoms with E-state index in [-0.39, 0.29) is 5.91 Å². The molecule has 4 aromatic rings. The van der Waals surface area contributed by atoms with Crippen molar-refractivity contribution in [2.45, 2.75) is 51.7 Å². The molecular formula is C29H33N3O2. The Morgan fingerprint density at radius 3 is 2.62 bits per heavy atom. The second kappa shape index (κ2) is 12.6. The van der Waals surface area contributed by atoms with E-state index in [4.69, 9.17) is 4.74 Å². The largest absolute Gasteiger partial charge is 0.489 e. The quantitative estimate of drug-likeness (QED) is 0.254. The number of rotatable bonds is 13. The van der Waals surface area contributed by atoms with E-state index in [1.807, 2.05) is 36.5 Å². The first kappa shape index (κ1) is 23.6. The molecule has 5 nitrogen and oxygen atoms in total. The van der Waals surface area contributed by atoms with Gasteiger partial charge in [-0.25, -0.2) is 0 Å². The molecule has 0 saturated heterocycles. The number of nitrogens with one attached hydrogen (secondary N) is 1. The van der Waals surface area contributed by atoms with Crippen LogP contribution in [-0.2, 0) is 24.4 Å². The fourth-order valence-corrected chi connectivity index (χ4v) is 4.08. The van der Waals surface area contributed by atoms with Gasteiger partial charge >= 0.3 is 0 Å². The van der Waals surface area contributed by atoms with E-state index in [0.717, 1.165) is 56.5 Å². The van der Waals surface area contributed by atoms with Gasteiger partial charge < -0.3 is 14.6 Å². The molecule has 0 fully saturated rings. The molecule has 34 heavy (non-hydrogen) atoms. The van der Waals surface area contributed by atoms with Crippen molar-refractivity contribution in [3.05, 3.63) is 96.4 Å². The van der Waals surface area contributed by atoms with E-state index in [0.29, 0.717) is 13.0 Å². The molecule has 4 rings (SSSR count). The normalized spacial score (nSPS) is 10.9. The van der Waals surface area contributed by atoms with E-state index in [1.54, 1.807) is 6.20 Å². The number of pyridine rings is 1. The molecule has 0 bridgehead atoms. The fraction of sp³-hybridized carbons (Fsp3) is 0.310. The summed E-state index contributed by atoms with van der Waals surface area (Å²) in [6.07, 6.45) is 11.4. The van der Waals surface area contributed by atoms with Crippen molar-refractivity contribution < 1.29 is 9.53 Å². The number of hydrogen-bond donors (Lipinski definition) is 1. The number of amides is 1. The molecule has 0 unspecified atom stereocenters. The molecule has 0 aliphatic rings. The number of nitrogens with zero attached hydrogens (tertiary/aromatic N) is 2. The van der Waals surface area contributed by atoms with Gasteiger partial charge in [0, 0.05) is 49.0 Å². The average molecular weight is 456 g/mol. The maximum Gasteiger partial charge on any atom is 0.220 e. The van der Waals surface area contributed by atoms with Crippen LogP contribution in [0.25, 0.3) is 10.9 Å². The molecule has 2 heterocycles. The predicted molar refractivity (Wildman–Crippen MR) is 137 cm³/mol. The van der Waals surface area contributed by atoms with Crippen molar-refractivity contribution >= 4 is 16.8 Å². The molecular weight excluding hydrogens is 422 g/mol. The zero-order valence-corrected chi connectivity index (χ0v) is 19.7. The van der Waals surface area contributed by atoms with Crippen LogP contribution < -0.4 is 10.1 Å². The van der Waals surface area contributed by atoms with Gasteiger partial charge in [-0.05, 0) is 60.7 Å². The third-order valence-corrected chi connectivity index (χ3v) is 6.00. The van der Waals surface area contributed by atoms with Gasteiger partial charge in [0.05, 0.1) is 0 Å². The highest BCUT2D eigenvalue weighted by Crippen LogP contribution is 2.23. The molecule has 2 aromatic heterocycles. The summed E-state index contributed by atoms with van der Waals surface area (Å²) in [7, 11) is 0. The van der Waals surface area contributed by atoms with Crippen molar-refractivity contribution in [3.63, 3.8) is 0 Å². The van der Waals surface area contributed by atoms with E-state index in [1.165, 1.54) is 16.5 Å². The van der Waals surface area contributed by atoms with Crippen LogP contribution in [0.4, 0.5) is 0 Å². The Hall–Kier alpha value is -3.60. The van der Waals surface area contributed by atoms with Crippen LogP contribution in [0.15, 0.2) is 85.3 Å². The lowest BCUT2D eigenvalue weighted by Crippen LogP contribution is -2.24. The van der Waals surface area contributed by atoms with Crippen molar-refractivity contribution in [2.75, 3.05) is 6.54 Å². The summed E-state index contributed by atoms with van der Waals surface area (Å²) in [5.74, 6) is 1.02. The Labute approximate surface area is 201 Å². The van der Waals surface area contributed by atoms with E-state index < -0.39 is 0 Å². The minimum absolute atomic E-state index is 0.120. The van der Waals surface area contributed by atoms with Gasteiger partial charge in [0.25, 0.3) is 0 Å². The Bertz CT molecular complexity index is 1160. The highest BCUT2D eigenvalue weighted by Gasteiger charge is 2.05. The van der Waals surface area contributed by atoms with E-state index >= 15 is 0 Å². The second-order valence-electron chi connectivity index (χ2n) is 8.63. The Morgan fingerprint density at radius 1 is 0.912 bits per heavy atom. The number of unbranched alkanes of at least 4 members (excludes halogenated alkanes) is 3. The highest BCUT2D eigenvalue weighted by atomic mass is 16.5. The summed E-state index contributed by atoms with van der Waals surface area (Å²) in [4.78, 5) is 16.1. The third-order valence-electron chi connectivity index (χ3n) is 6.00. The number of aromatic nitrogens is 2. The Morgan fingerprint density at radius 2 is 1.76 bits per heavy atom. The van der Waals surface area contributed by atoms with Crippen LogP contribution in [0, 0.1) is 0 Å². The second-order valence-corrected chi connectivity index (χ2v) is 8.63. The Kier molecular flexibility index (Phi) is 8.72. The molecule has 0 radical (unpaired) electrons. The number of carbonyl (C=O) groups excluding carboxylic acids is 1. The topological polar surface area (TPSA) is 56.2 Å². The van der Waals surface area contributed by atoms with E-state index in [9.17, 15) is 4.79 Å². The summed E-state index contributed by atoms with van der Waals surface area (Å²) >= 11 is 0. The summed E-state index contributed by atoms with van der Waals surface area (Å²) < 4.78 is 8.27. The number of carbonyl (C=O) groups is 1. The van der Waals surface area contributed by atoms with Gasteiger partial charge in [0.15, 0.2) is 0 Å². The van der Waals surface area contributed by atoms with E-state index in [2.05, 4.69) is 57.5 Å². The standard InChI is InChI=1S/C29H33N3O2/c33-29(15-12-24-11-8-17-30-22-24)31-18-6-1-2-7-19-32-20-16-26-21-27(13-14-28(26)32)34-23-25-9-4-3-5-10-25/h3-5,8-11,13-14,16-17,20-22H,1-2,6-7,12,15,18-19,23H2,(H,31,33). The molecule has 0 atom stereocenters. The minimum atomic E-state index is 0.120. The van der Waals surface area contributed by atoms with Crippen LogP contribution in [-0.4, -0.2) is 22.0 Å². The van der Waals surface area contributed by atoms with Gasteiger partial charge in [-0.1, -0.05) is 49.2 Å². The first-order valence-corrected chi connectivity index (χ1v) is 12.2. The zero-order valence-electron chi connectivity index (χ0n) is 19.7. The average Bonchev–Trinajstić information content (AvgIpc) is 3.29. The number of fused-ring (bicyclic) bond motifs is 1. The van der Waals surface area contributed by atoms with Crippen LogP contribution in [0.1, 0.15) is 43.2 Å². The summed E-state index contributed by atoms with van der Waals surface area (Å²) in [5, 5.41) is 4.24. The highest BCUT2D eigenvalue weighted by molar-refractivity contribution is 5.81. The molecule has 5 heteroatoms. The van der Waals surface area contributed by atoms with Crippen LogP contribution in [0.2, 0.25) is 0 Å². The molecule has 1 N–H and O–H groups in total. The maximum absolute atomic E-state index is 12.0. The summed E-state index contributed by atoms with van der Waals surface area (Å²) in [6.45, 7) is 2.34.